The molecule has 0 fully saturated rings. The van der Waals surface area contributed by atoms with Gasteiger partial charge < -0.3 is 9.80 Å². The van der Waals surface area contributed by atoms with E-state index in [9.17, 15) is 0 Å². The number of aromatic nitrogens is 1. The van der Waals surface area contributed by atoms with Gasteiger partial charge in [-0.2, -0.15) is 0 Å². The number of rotatable bonds is 3. The third-order valence-corrected chi connectivity index (χ3v) is 5.04. The molecule has 0 aliphatic carbocycles. The van der Waals surface area contributed by atoms with Gasteiger partial charge >= 0.3 is 0 Å². The highest BCUT2D eigenvalue weighted by molar-refractivity contribution is 5.95. The van der Waals surface area contributed by atoms with Crippen LogP contribution in [0.1, 0.15) is 23.6 Å². The van der Waals surface area contributed by atoms with Gasteiger partial charge in [0.05, 0.1) is 5.52 Å². The number of benzene rings is 2. The molecule has 25 heavy (non-hydrogen) atoms. The molecule has 0 saturated heterocycles. The smallest absolute Gasteiger partial charge is 0.0724 e. The highest BCUT2D eigenvalue weighted by atomic mass is 15.2. The molecule has 0 N–H and O–H groups in total. The molecule has 0 atom stereocenters. The van der Waals surface area contributed by atoms with Crippen LogP contribution in [0, 0.1) is 0 Å². The molecule has 3 heteroatoms. The molecule has 3 nitrogen and oxygen atoms in total. The summed E-state index contributed by atoms with van der Waals surface area (Å²) in [4.78, 5) is 8.94. The molecule has 0 radical (unpaired) electrons. The summed E-state index contributed by atoms with van der Waals surface area (Å²) in [6, 6.07) is 15.3. The second kappa shape index (κ2) is 5.92. The van der Waals surface area contributed by atoms with Crippen LogP contribution in [0.25, 0.3) is 16.6 Å². The summed E-state index contributed by atoms with van der Waals surface area (Å²) in [7, 11) is 4.14. The van der Waals surface area contributed by atoms with Crippen molar-refractivity contribution in [2.24, 2.45) is 0 Å². The van der Waals surface area contributed by atoms with E-state index >= 15 is 0 Å². The molecular weight excluding hydrogens is 306 g/mol. The standard InChI is InChI=1S/C22H23N3/c1-5-16-6-7-17-14-25(15(2)19(17)12-16)18-8-9-21-20(13-18)22(24(3)4)10-11-23-21/h6-13H,2,5,14H2,1,3-4H3. The number of aryl methyl sites for hydroxylation is 1. The zero-order valence-electron chi connectivity index (χ0n) is 15.1. The van der Waals surface area contributed by atoms with Crippen molar-refractivity contribution >= 4 is 28.0 Å². The minimum absolute atomic E-state index is 0.876. The SMILES string of the molecule is C=C1c2cc(CC)ccc2CN1c1ccc2nccc(N(C)C)c2c1. The molecule has 1 aliphatic rings. The molecule has 3 aromatic rings. The Labute approximate surface area is 149 Å². The maximum Gasteiger partial charge on any atom is 0.0724 e. The highest BCUT2D eigenvalue weighted by Crippen LogP contribution is 2.38. The van der Waals surface area contributed by atoms with Gasteiger partial charge in [-0.25, -0.2) is 0 Å². The van der Waals surface area contributed by atoms with Gasteiger partial charge in [0.2, 0.25) is 0 Å². The number of nitrogens with zero attached hydrogens (tertiary/aromatic N) is 3. The Morgan fingerprint density at radius 2 is 1.96 bits per heavy atom. The quantitative estimate of drug-likeness (QED) is 0.684. The minimum Gasteiger partial charge on any atom is -0.377 e. The Morgan fingerprint density at radius 1 is 1.12 bits per heavy atom. The van der Waals surface area contributed by atoms with Gasteiger partial charge in [0, 0.05) is 54.9 Å². The molecule has 0 unspecified atom stereocenters. The molecule has 0 spiro atoms. The normalized spacial score (nSPS) is 13.4. The van der Waals surface area contributed by atoms with Crippen LogP contribution in [0.4, 0.5) is 11.4 Å². The second-order valence-corrected chi connectivity index (χ2v) is 6.80. The number of anilines is 2. The van der Waals surface area contributed by atoms with Gasteiger partial charge in [0.15, 0.2) is 0 Å². The van der Waals surface area contributed by atoms with Crippen molar-refractivity contribution in [1.82, 2.24) is 4.98 Å². The number of hydrogen-bond acceptors (Lipinski definition) is 3. The number of hydrogen-bond donors (Lipinski definition) is 0. The van der Waals surface area contributed by atoms with Gasteiger partial charge in [-0.05, 0) is 47.9 Å². The number of pyridine rings is 1. The van der Waals surface area contributed by atoms with Crippen molar-refractivity contribution < 1.29 is 0 Å². The zero-order chi connectivity index (χ0) is 17.6. The summed E-state index contributed by atoms with van der Waals surface area (Å²) >= 11 is 0. The molecule has 0 bridgehead atoms. The summed E-state index contributed by atoms with van der Waals surface area (Å²) in [5.41, 5.74) is 8.44. The molecule has 0 amide bonds. The van der Waals surface area contributed by atoms with Crippen molar-refractivity contribution in [3.05, 3.63) is 71.9 Å². The Hall–Kier alpha value is -2.81. The van der Waals surface area contributed by atoms with Crippen molar-refractivity contribution in [2.45, 2.75) is 19.9 Å². The van der Waals surface area contributed by atoms with Crippen LogP contribution in [-0.4, -0.2) is 19.1 Å². The van der Waals surface area contributed by atoms with Crippen LogP contribution in [0.2, 0.25) is 0 Å². The minimum atomic E-state index is 0.876. The van der Waals surface area contributed by atoms with E-state index in [1.807, 2.05) is 6.20 Å². The fraction of sp³-hybridized carbons (Fsp3) is 0.227. The monoisotopic (exact) mass is 329 g/mol. The lowest BCUT2D eigenvalue weighted by Crippen LogP contribution is -2.13. The van der Waals surface area contributed by atoms with Crippen LogP contribution >= 0.6 is 0 Å². The van der Waals surface area contributed by atoms with Crippen LogP contribution < -0.4 is 9.80 Å². The van der Waals surface area contributed by atoms with E-state index in [1.165, 1.54) is 33.5 Å². The van der Waals surface area contributed by atoms with Gasteiger partial charge in [0.25, 0.3) is 0 Å². The van der Waals surface area contributed by atoms with Crippen LogP contribution in [0.5, 0.6) is 0 Å². The molecule has 126 valence electrons. The summed E-state index contributed by atoms with van der Waals surface area (Å²) < 4.78 is 0. The molecular formula is C22H23N3. The van der Waals surface area contributed by atoms with Crippen LogP contribution in [0.3, 0.4) is 0 Å². The third kappa shape index (κ3) is 2.56. The van der Waals surface area contributed by atoms with Crippen molar-refractivity contribution in [1.29, 1.82) is 0 Å². The fourth-order valence-corrected chi connectivity index (χ4v) is 3.59. The fourth-order valence-electron chi connectivity index (χ4n) is 3.59. The van der Waals surface area contributed by atoms with E-state index in [1.54, 1.807) is 0 Å². The summed E-state index contributed by atoms with van der Waals surface area (Å²) in [5, 5.41) is 1.17. The first-order valence-corrected chi connectivity index (χ1v) is 8.73. The van der Waals surface area contributed by atoms with E-state index < -0.39 is 0 Å². The topological polar surface area (TPSA) is 19.4 Å². The van der Waals surface area contributed by atoms with Gasteiger partial charge in [-0.15, -0.1) is 0 Å². The van der Waals surface area contributed by atoms with Crippen molar-refractivity contribution in [3.8, 4) is 0 Å². The molecule has 2 aromatic carbocycles. The second-order valence-electron chi connectivity index (χ2n) is 6.80. The molecule has 1 aliphatic heterocycles. The van der Waals surface area contributed by atoms with Gasteiger partial charge in [-0.3, -0.25) is 4.98 Å². The Balaban J connectivity index is 1.78. The Kier molecular flexibility index (Phi) is 3.72. The molecule has 0 saturated carbocycles. The van der Waals surface area contributed by atoms with Crippen LogP contribution in [-0.2, 0) is 13.0 Å². The van der Waals surface area contributed by atoms with Gasteiger partial charge in [-0.1, -0.05) is 25.6 Å². The lowest BCUT2D eigenvalue weighted by Gasteiger charge is -2.21. The van der Waals surface area contributed by atoms with Gasteiger partial charge in [0.1, 0.15) is 0 Å². The van der Waals surface area contributed by atoms with Crippen LogP contribution in [0.15, 0.2) is 55.2 Å². The largest absolute Gasteiger partial charge is 0.377 e. The average Bonchev–Trinajstić information content (AvgIpc) is 2.96. The predicted octanol–water partition coefficient (Wildman–Crippen LogP) is 4.85. The summed E-state index contributed by atoms with van der Waals surface area (Å²) in [6.45, 7) is 7.43. The zero-order valence-corrected chi connectivity index (χ0v) is 15.1. The van der Waals surface area contributed by atoms with E-state index in [4.69, 9.17) is 0 Å². The Bertz CT molecular complexity index is 972. The summed E-state index contributed by atoms with van der Waals surface area (Å²) in [6.07, 6.45) is 2.92. The average molecular weight is 329 g/mol. The van der Waals surface area contributed by atoms with E-state index in [0.29, 0.717) is 0 Å². The molecule has 2 heterocycles. The third-order valence-electron chi connectivity index (χ3n) is 5.04. The summed E-state index contributed by atoms with van der Waals surface area (Å²) in [5.74, 6) is 0. The van der Waals surface area contributed by atoms with Crippen molar-refractivity contribution in [3.63, 3.8) is 0 Å². The van der Waals surface area contributed by atoms with E-state index in [0.717, 1.165) is 24.2 Å². The first-order chi connectivity index (χ1) is 12.1. The first kappa shape index (κ1) is 15.7. The highest BCUT2D eigenvalue weighted by Gasteiger charge is 2.24. The predicted molar refractivity (Wildman–Crippen MR) is 107 cm³/mol. The maximum absolute atomic E-state index is 4.51. The lowest BCUT2D eigenvalue weighted by atomic mass is 10.0. The van der Waals surface area contributed by atoms with E-state index in [-0.39, 0.29) is 0 Å². The molecule has 4 rings (SSSR count). The Morgan fingerprint density at radius 3 is 2.72 bits per heavy atom. The lowest BCUT2D eigenvalue weighted by molar-refractivity contribution is 1.04. The first-order valence-electron chi connectivity index (χ1n) is 8.73. The number of fused-ring (bicyclic) bond motifs is 2. The van der Waals surface area contributed by atoms with Crippen molar-refractivity contribution in [2.75, 3.05) is 23.9 Å². The van der Waals surface area contributed by atoms with E-state index in [2.05, 4.69) is 84.8 Å². The molecule has 1 aromatic heterocycles. The maximum atomic E-state index is 4.51.